The fraction of sp³-hybridized carbons (Fsp3) is 0.0500. The molecule has 1 aliphatic rings. The van der Waals surface area contributed by atoms with Gasteiger partial charge in [0.2, 0.25) is 5.91 Å². The Labute approximate surface area is 182 Å². The summed E-state index contributed by atoms with van der Waals surface area (Å²) in [6.07, 6.45) is 0. The molecule has 0 spiro atoms. The molecule has 0 saturated carbocycles. The molecular weight excluding hydrogens is 455 g/mol. The summed E-state index contributed by atoms with van der Waals surface area (Å²) in [6, 6.07) is 16.3. The van der Waals surface area contributed by atoms with E-state index in [1.807, 2.05) is 0 Å². The zero-order valence-corrected chi connectivity index (χ0v) is 17.8. The molecule has 4 rings (SSSR count). The molecule has 148 valence electrons. The second kappa shape index (κ2) is 7.54. The maximum absolute atomic E-state index is 13.2. The van der Waals surface area contributed by atoms with Crippen molar-refractivity contribution in [3.63, 3.8) is 0 Å². The highest BCUT2D eigenvalue weighted by Gasteiger charge is 2.36. The van der Waals surface area contributed by atoms with E-state index in [4.69, 9.17) is 34.8 Å². The first-order valence-corrected chi connectivity index (χ1v) is 11.0. The normalized spacial score (nSPS) is 14.1. The van der Waals surface area contributed by atoms with Crippen molar-refractivity contribution < 1.29 is 13.2 Å². The average Bonchev–Trinajstić information content (AvgIpc) is 2.69. The Morgan fingerprint density at radius 2 is 1.69 bits per heavy atom. The monoisotopic (exact) mass is 466 g/mol. The van der Waals surface area contributed by atoms with Gasteiger partial charge in [-0.05, 0) is 36.4 Å². The maximum Gasteiger partial charge on any atom is 0.265 e. The van der Waals surface area contributed by atoms with Gasteiger partial charge < -0.3 is 5.32 Å². The van der Waals surface area contributed by atoms with Crippen LogP contribution in [0.15, 0.2) is 65.6 Å². The molecular formula is C20H13Cl3N2O3S. The standard InChI is InChI=1S/C20H13Cl3N2O3S/c21-12-8-9-17-14(10-12)13-4-1-2-7-18(13)29(27,28)25(17)11-19(26)24-16-6-3-5-15(22)20(16)23/h1-10H,11H2,(H,24,26). The Bertz CT molecular complexity index is 1250. The second-order valence-corrected chi connectivity index (χ2v) is 9.37. The molecule has 9 heteroatoms. The van der Waals surface area contributed by atoms with E-state index in [2.05, 4.69) is 5.32 Å². The first kappa shape index (κ1) is 20.0. The SMILES string of the molecule is O=C(CN1c2ccc(Cl)cc2-c2ccccc2S1(=O)=O)Nc1cccc(Cl)c1Cl. The number of benzene rings is 3. The number of rotatable bonds is 3. The van der Waals surface area contributed by atoms with Crippen LogP contribution < -0.4 is 9.62 Å². The van der Waals surface area contributed by atoms with Crippen molar-refractivity contribution in [2.24, 2.45) is 0 Å². The molecule has 3 aromatic rings. The lowest BCUT2D eigenvalue weighted by atomic mass is 10.0. The van der Waals surface area contributed by atoms with Gasteiger partial charge in [-0.25, -0.2) is 8.42 Å². The van der Waals surface area contributed by atoms with E-state index < -0.39 is 22.5 Å². The molecule has 1 N–H and O–H groups in total. The highest BCUT2D eigenvalue weighted by Crippen LogP contribution is 2.43. The lowest BCUT2D eigenvalue weighted by Crippen LogP contribution is -2.40. The summed E-state index contributed by atoms with van der Waals surface area (Å²) in [5.74, 6) is -0.557. The fourth-order valence-corrected chi connectivity index (χ4v) is 5.36. The molecule has 0 aromatic heterocycles. The number of sulfonamides is 1. The van der Waals surface area contributed by atoms with Crippen LogP contribution in [0.1, 0.15) is 0 Å². The highest BCUT2D eigenvalue weighted by molar-refractivity contribution is 7.93. The summed E-state index contributed by atoms with van der Waals surface area (Å²) < 4.78 is 27.5. The molecule has 29 heavy (non-hydrogen) atoms. The number of amides is 1. The number of carbonyl (C=O) groups is 1. The molecule has 1 amide bonds. The Morgan fingerprint density at radius 1 is 0.931 bits per heavy atom. The summed E-state index contributed by atoms with van der Waals surface area (Å²) in [6.45, 7) is -0.436. The molecule has 3 aromatic carbocycles. The summed E-state index contributed by atoms with van der Waals surface area (Å²) in [5, 5.41) is 3.54. The van der Waals surface area contributed by atoms with Gasteiger partial charge in [0.1, 0.15) is 6.54 Å². The van der Waals surface area contributed by atoms with Crippen molar-refractivity contribution in [2.45, 2.75) is 4.90 Å². The van der Waals surface area contributed by atoms with Gasteiger partial charge in [0.15, 0.2) is 0 Å². The van der Waals surface area contributed by atoms with Crippen LogP contribution >= 0.6 is 34.8 Å². The largest absolute Gasteiger partial charge is 0.323 e. The summed E-state index contributed by atoms with van der Waals surface area (Å²) in [7, 11) is -3.94. The predicted octanol–water partition coefficient (Wildman–Crippen LogP) is 5.46. The zero-order chi connectivity index (χ0) is 20.8. The van der Waals surface area contributed by atoms with E-state index in [1.54, 1.807) is 54.6 Å². The number of nitrogens with one attached hydrogen (secondary N) is 1. The van der Waals surface area contributed by atoms with E-state index in [0.717, 1.165) is 4.31 Å². The Morgan fingerprint density at radius 3 is 2.48 bits per heavy atom. The van der Waals surface area contributed by atoms with Gasteiger partial charge in [-0.1, -0.05) is 59.1 Å². The minimum absolute atomic E-state index is 0.114. The van der Waals surface area contributed by atoms with Crippen LogP contribution in [0.4, 0.5) is 11.4 Å². The van der Waals surface area contributed by atoms with Crippen molar-refractivity contribution >= 4 is 62.1 Å². The molecule has 0 aliphatic carbocycles. The summed E-state index contributed by atoms with van der Waals surface area (Å²) in [4.78, 5) is 12.8. The average molecular weight is 468 g/mol. The third-order valence-corrected chi connectivity index (χ3v) is 7.36. The second-order valence-electron chi connectivity index (χ2n) is 6.32. The molecule has 1 heterocycles. The first-order chi connectivity index (χ1) is 13.8. The van der Waals surface area contributed by atoms with Gasteiger partial charge in [-0.2, -0.15) is 0 Å². The predicted molar refractivity (Wildman–Crippen MR) is 117 cm³/mol. The molecule has 0 radical (unpaired) electrons. The molecule has 0 bridgehead atoms. The highest BCUT2D eigenvalue weighted by atomic mass is 35.5. The van der Waals surface area contributed by atoms with Crippen molar-refractivity contribution in [1.82, 2.24) is 0 Å². The minimum Gasteiger partial charge on any atom is -0.323 e. The Kier molecular flexibility index (Phi) is 5.21. The number of carbonyl (C=O) groups excluding carboxylic acids is 1. The molecule has 1 aliphatic heterocycles. The van der Waals surface area contributed by atoms with Crippen LogP contribution in [-0.4, -0.2) is 20.9 Å². The van der Waals surface area contributed by atoms with Crippen LogP contribution in [0, 0.1) is 0 Å². The van der Waals surface area contributed by atoms with Gasteiger partial charge in [0.05, 0.1) is 26.3 Å². The number of halogens is 3. The third-order valence-electron chi connectivity index (χ3n) is 4.49. The van der Waals surface area contributed by atoms with Gasteiger partial charge in [0.25, 0.3) is 10.0 Å². The van der Waals surface area contributed by atoms with Gasteiger partial charge in [-0.15, -0.1) is 0 Å². The van der Waals surface area contributed by atoms with E-state index >= 15 is 0 Å². The molecule has 5 nitrogen and oxygen atoms in total. The number of fused-ring (bicyclic) bond motifs is 3. The van der Waals surface area contributed by atoms with Gasteiger partial charge >= 0.3 is 0 Å². The van der Waals surface area contributed by atoms with Crippen LogP contribution in [0.25, 0.3) is 11.1 Å². The maximum atomic E-state index is 13.2. The lowest BCUT2D eigenvalue weighted by molar-refractivity contribution is -0.114. The van der Waals surface area contributed by atoms with Crippen molar-refractivity contribution in [2.75, 3.05) is 16.2 Å². The van der Waals surface area contributed by atoms with Crippen LogP contribution in [0.5, 0.6) is 0 Å². The van der Waals surface area contributed by atoms with Crippen LogP contribution in [-0.2, 0) is 14.8 Å². The number of hydrogen-bond donors (Lipinski definition) is 1. The van der Waals surface area contributed by atoms with Gasteiger partial charge in [-0.3, -0.25) is 9.10 Å². The molecule has 0 unspecified atom stereocenters. The van der Waals surface area contributed by atoms with E-state index in [0.29, 0.717) is 27.5 Å². The number of nitrogens with zero attached hydrogens (tertiary/aromatic N) is 1. The number of anilines is 2. The Balaban J connectivity index is 1.74. The molecule has 0 atom stereocenters. The number of hydrogen-bond acceptors (Lipinski definition) is 3. The van der Waals surface area contributed by atoms with Crippen molar-refractivity contribution in [3.8, 4) is 11.1 Å². The van der Waals surface area contributed by atoms with Crippen molar-refractivity contribution in [3.05, 3.63) is 75.7 Å². The first-order valence-electron chi connectivity index (χ1n) is 8.44. The van der Waals surface area contributed by atoms with Crippen molar-refractivity contribution in [1.29, 1.82) is 0 Å². The van der Waals surface area contributed by atoms with E-state index in [1.165, 1.54) is 6.07 Å². The topological polar surface area (TPSA) is 66.5 Å². The Hall–Kier alpha value is -2.25. The smallest absolute Gasteiger partial charge is 0.265 e. The zero-order valence-electron chi connectivity index (χ0n) is 14.7. The fourth-order valence-electron chi connectivity index (χ4n) is 3.19. The molecule has 0 saturated heterocycles. The third kappa shape index (κ3) is 3.57. The molecule has 0 fully saturated rings. The van der Waals surface area contributed by atoms with Gasteiger partial charge in [0, 0.05) is 16.1 Å². The van der Waals surface area contributed by atoms with E-state index in [9.17, 15) is 13.2 Å². The quantitative estimate of drug-likeness (QED) is 0.556. The minimum atomic E-state index is -3.94. The van der Waals surface area contributed by atoms with E-state index in [-0.39, 0.29) is 14.9 Å². The summed E-state index contributed by atoms with van der Waals surface area (Å²) in [5.41, 5.74) is 1.85. The van der Waals surface area contributed by atoms with Crippen LogP contribution in [0.2, 0.25) is 15.1 Å². The summed E-state index contributed by atoms with van der Waals surface area (Å²) >= 11 is 18.2. The lowest BCUT2D eigenvalue weighted by Gasteiger charge is -2.31. The van der Waals surface area contributed by atoms with Crippen LogP contribution in [0.3, 0.4) is 0 Å².